The second kappa shape index (κ2) is 6.28. The molecule has 8 nitrogen and oxygen atoms in total. The first-order valence-electron chi connectivity index (χ1n) is 6.42. The third kappa shape index (κ3) is 2.80. The molecule has 1 N–H and O–H groups in total. The van der Waals surface area contributed by atoms with E-state index in [4.69, 9.17) is 0 Å². The average Bonchev–Trinajstić information content (AvgIpc) is 2.57. The second-order valence-electron chi connectivity index (χ2n) is 4.45. The molecule has 2 heterocycles. The van der Waals surface area contributed by atoms with Gasteiger partial charge in [0.25, 0.3) is 0 Å². The van der Waals surface area contributed by atoms with E-state index in [9.17, 15) is 18.9 Å². The summed E-state index contributed by atoms with van der Waals surface area (Å²) < 4.78 is 28.1. The molecule has 0 radical (unpaired) electrons. The van der Waals surface area contributed by atoms with E-state index in [2.05, 4.69) is 25.3 Å². The molecule has 0 aliphatic carbocycles. The van der Waals surface area contributed by atoms with E-state index in [0.29, 0.717) is 10.7 Å². The van der Waals surface area contributed by atoms with Crippen LogP contribution >= 0.6 is 11.8 Å². The van der Waals surface area contributed by atoms with Gasteiger partial charge < -0.3 is 5.32 Å². The van der Waals surface area contributed by atoms with E-state index in [0.717, 1.165) is 12.1 Å². The smallest absolute Gasteiger partial charge is 0.307 e. The van der Waals surface area contributed by atoms with Crippen molar-refractivity contribution >= 4 is 40.0 Å². The van der Waals surface area contributed by atoms with Crippen molar-refractivity contribution in [3.05, 3.63) is 46.4 Å². The number of halogens is 2. The van der Waals surface area contributed by atoms with Gasteiger partial charge in [-0.05, 0) is 12.3 Å². The maximum atomic E-state index is 14.2. The molecule has 0 saturated carbocycles. The van der Waals surface area contributed by atoms with Crippen LogP contribution in [0, 0.1) is 21.7 Å². The van der Waals surface area contributed by atoms with Crippen molar-refractivity contribution in [2.24, 2.45) is 0 Å². The number of hydrogen-bond donors (Lipinski definition) is 1. The molecule has 0 unspecified atom stereocenters. The zero-order chi connectivity index (χ0) is 17.3. The van der Waals surface area contributed by atoms with Gasteiger partial charge in [-0.2, -0.15) is 4.39 Å². The predicted molar refractivity (Wildman–Crippen MR) is 83.2 cm³/mol. The van der Waals surface area contributed by atoms with Crippen LogP contribution in [0.15, 0.2) is 29.8 Å². The minimum atomic E-state index is -1.33. The molecule has 0 saturated heterocycles. The van der Waals surface area contributed by atoms with Crippen molar-refractivity contribution in [2.75, 3.05) is 11.6 Å². The van der Waals surface area contributed by atoms with E-state index in [1.54, 1.807) is 6.26 Å². The molecule has 0 bridgehead atoms. The Hall–Kier alpha value is -2.95. The first-order chi connectivity index (χ1) is 11.5. The number of nitro benzene ring substituents is 1. The third-order valence-corrected chi connectivity index (χ3v) is 3.61. The predicted octanol–water partition coefficient (Wildman–Crippen LogP) is 3.07. The number of aromatic nitrogens is 4. The van der Waals surface area contributed by atoms with Gasteiger partial charge in [0.15, 0.2) is 11.0 Å². The van der Waals surface area contributed by atoms with Gasteiger partial charge in [0.1, 0.15) is 28.9 Å². The first kappa shape index (κ1) is 15.9. The summed E-state index contributed by atoms with van der Waals surface area (Å²) in [6, 6.07) is 1.55. The molecule has 0 aliphatic heterocycles. The van der Waals surface area contributed by atoms with Crippen molar-refractivity contribution in [3.63, 3.8) is 0 Å². The topological polar surface area (TPSA) is 107 Å². The number of nitrogens with zero attached hydrogens (tertiary/aromatic N) is 5. The van der Waals surface area contributed by atoms with E-state index in [1.165, 1.54) is 24.3 Å². The van der Waals surface area contributed by atoms with Crippen molar-refractivity contribution < 1.29 is 13.7 Å². The molecule has 0 amide bonds. The number of nitrogens with one attached hydrogen (secondary N) is 1. The number of thioether (sulfide) groups is 1. The van der Waals surface area contributed by atoms with E-state index >= 15 is 0 Å². The van der Waals surface area contributed by atoms with Gasteiger partial charge in [-0.3, -0.25) is 10.1 Å². The van der Waals surface area contributed by atoms with Crippen molar-refractivity contribution in [3.8, 4) is 0 Å². The Morgan fingerprint density at radius 2 is 2.04 bits per heavy atom. The number of hydrogen-bond acceptors (Lipinski definition) is 8. The minimum Gasteiger partial charge on any atom is -0.333 e. The molecule has 24 heavy (non-hydrogen) atoms. The fourth-order valence-corrected chi connectivity index (χ4v) is 2.28. The van der Waals surface area contributed by atoms with Crippen LogP contribution < -0.4 is 5.32 Å². The highest BCUT2D eigenvalue weighted by molar-refractivity contribution is 7.98. The summed E-state index contributed by atoms with van der Waals surface area (Å²) in [4.78, 5) is 26.0. The first-order valence-corrected chi connectivity index (χ1v) is 7.65. The van der Waals surface area contributed by atoms with E-state index in [1.807, 2.05) is 0 Å². The maximum Gasteiger partial charge on any atom is 0.307 e. The lowest BCUT2D eigenvalue weighted by molar-refractivity contribution is -0.387. The lowest BCUT2D eigenvalue weighted by Crippen LogP contribution is -2.04. The van der Waals surface area contributed by atoms with Crippen molar-refractivity contribution in [2.45, 2.75) is 5.16 Å². The summed E-state index contributed by atoms with van der Waals surface area (Å²) in [6.07, 6.45) is 4.37. The molecule has 0 spiro atoms. The Balaban J connectivity index is 2.14. The van der Waals surface area contributed by atoms with Crippen LogP contribution in [0.2, 0.25) is 0 Å². The zero-order valence-electron chi connectivity index (χ0n) is 12.0. The molecule has 122 valence electrons. The Morgan fingerprint density at radius 1 is 1.25 bits per heavy atom. The fourth-order valence-electron chi connectivity index (χ4n) is 1.94. The quantitative estimate of drug-likeness (QED) is 0.331. The Labute approximate surface area is 137 Å². The van der Waals surface area contributed by atoms with Crippen molar-refractivity contribution in [1.82, 2.24) is 19.9 Å². The summed E-state index contributed by atoms with van der Waals surface area (Å²) >= 11 is 1.27. The molecule has 11 heteroatoms. The third-order valence-electron chi connectivity index (χ3n) is 3.05. The Morgan fingerprint density at radius 3 is 2.75 bits per heavy atom. The summed E-state index contributed by atoms with van der Waals surface area (Å²) in [6.45, 7) is 0. The standard InChI is InChI=1S/C13H8F2N6O2S/c1-24-13-16-4-7-11(20-13)12(18-5-17-7)19-10-6(14)2-3-8(9(10)15)21(22)23/h2-5H,1H3,(H,17,18,19). The highest BCUT2D eigenvalue weighted by Gasteiger charge is 2.22. The molecule has 0 atom stereocenters. The Bertz CT molecular complexity index is 955. The molecular formula is C13H8F2N6O2S. The summed E-state index contributed by atoms with van der Waals surface area (Å²) in [5.41, 5.74) is -0.941. The van der Waals surface area contributed by atoms with E-state index in [-0.39, 0.29) is 11.3 Å². The minimum absolute atomic E-state index is 0.0102. The van der Waals surface area contributed by atoms with Crippen LogP contribution in [-0.2, 0) is 0 Å². The second-order valence-corrected chi connectivity index (χ2v) is 5.22. The average molecular weight is 350 g/mol. The zero-order valence-corrected chi connectivity index (χ0v) is 12.8. The van der Waals surface area contributed by atoms with Gasteiger partial charge in [-0.1, -0.05) is 11.8 Å². The van der Waals surface area contributed by atoms with Crippen molar-refractivity contribution in [1.29, 1.82) is 0 Å². The number of nitro groups is 1. The van der Waals surface area contributed by atoms with Crippen LogP contribution in [0.4, 0.5) is 26.0 Å². The normalized spacial score (nSPS) is 10.8. The van der Waals surface area contributed by atoms with Gasteiger partial charge in [0, 0.05) is 6.07 Å². The summed E-state index contributed by atoms with van der Waals surface area (Å²) in [5, 5.41) is 13.6. The molecule has 2 aromatic heterocycles. The highest BCUT2D eigenvalue weighted by atomic mass is 32.2. The lowest BCUT2D eigenvalue weighted by Gasteiger charge is -2.10. The monoisotopic (exact) mass is 350 g/mol. The van der Waals surface area contributed by atoms with Gasteiger partial charge in [-0.25, -0.2) is 24.3 Å². The number of benzene rings is 1. The van der Waals surface area contributed by atoms with Crippen LogP contribution in [0.5, 0.6) is 0 Å². The van der Waals surface area contributed by atoms with Gasteiger partial charge in [-0.15, -0.1) is 0 Å². The highest BCUT2D eigenvalue weighted by Crippen LogP contribution is 2.31. The lowest BCUT2D eigenvalue weighted by atomic mass is 10.2. The number of anilines is 2. The maximum absolute atomic E-state index is 14.2. The Kier molecular flexibility index (Phi) is 4.16. The fraction of sp³-hybridized carbons (Fsp3) is 0.0769. The molecule has 0 fully saturated rings. The summed E-state index contributed by atoms with van der Waals surface area (Å²) in [7, 11) is 0. The summed E-state index contributed by atoms with van der Waals surface area (Å²) in [5.74, 6) is -2.31. The van der Waals surface area contributed by atoms with E-state index < -0.39 is 27.9 Å². The van der Waals surface area contributed by atoms with Gasteiger partial charge in [0.05, 0.1) is 11.1 Å². The molecule has 3 aromatic rings. The molecule has 3 rings (SSSR count). The molecule has 1 aromatic carbocycles. The van der Waals surface area contributed by atoms with Crippen LogP contribution in [-0.4, -0.2) is 31.1 Å². The number of fused-ring (bicyclic) bond motifs is 1. The molecular weight excluding hydrogens is 342 g/mol. The number of rotatable bonds is 4. The van der Waals surface area contributed by atoms with Crippen LogP contribution in [0.3, 0.4) is 0 Å². The molecule has 0 aliphatic rings. The van der Waals surface area contributed by atoms with Crippen LogP contribution in [0.1, 0.15) is 0 Å². The van der Waals surface area contributed by atoms with Crippen LogP contribution in [0.25, 0.3) is 11.0 Å². The van der Waals surface area contributed by atoms with Gasteiger partial charge in [0.2, 0.25) is 5.82 Å². The largest absolute Gasteiger partial charge is 0.333 e. The van der Waals surface area contributed by atoms with Gasteiger partial charge >= 0.3 is 5.69 Å². The SMILES string of the molecule is CSc1ncc2ncnc(Nc3c(F)ccc([N+](=O)[O-])c3F)c2n1.